The largest absolute Gasteiger partial charge is 0.500 e. The van der Waals surface area contributed by atoms with Gasteiger partial charge in [-0.2, -0.15) is 0 Å². The summed E-state index contributed by atoms with van der Waals surface area (Å²) in [7, 11) is 5.96. The normalized spacial score (nSPS) is 18.3. The van der Waals surface area contributed by atoms with Gasteiger partial charge in [0.1, 0.15) is 0 Å². The Bertz CT molecular complexity index is 889. The van der Waals surface area contributed by atoms with Crippen LogP contribution >= 0.6 is 0 Å². The first-order valence-corrected chi connectivity index (χ1v) is 8.94. The van der Waals surface area contributed by atoms with Crippen LogP contribution < -0.4 is 18.9 Å². The van der Waals surface area contributed by atoms with Gasteiger partial charge in [0.25, 0.3) is 0 Å². The molecular weight excluding hydrogens is 382 g/mol. The van der Waals surface area contributed by atoms with Gasteiger partial charge in [-0.3, -0.25) is 10.1 Å². The van der Waals surface area contributed by atoms with Gasteiger partial charge >= 0.3 is 5.69 Å². The van der Waals surface area contributed by atoms with Crippen molar-refractivity contribution in [1.82, 2.24) is 0 Å². The number of rotatable bonds is 7. The Labute approximate surface area is 167 Å². The number of nitrogens with zero attached hydrogens (tertiary/aromatic N) is 1. The predicted molar refractivity (Wildman–Crippen MR) is 103 cm³/mol. The summed E-state index contributed by atoms with van der Waals surface area (Å²) in [5.41, 5.74) is 1.00. The van der Waals surface area contributed by atoms with E-state index in [1.165, 1.54) is 20.3 Å². The summed E-state index contributed by atoms with van der Waals surface area (Å²) in [5, 5.41) is 21.2. The van der Waals surface area contributed by atoms with Crippen LogP contribution in [0, 0.1) is 10.1 Å². The highest BCUT2D eigenvalue weighted by atomic mass is 16.6. The van der Waals surface area contributed by atoms with Gasteiger partial charge in [0.2, 0.25) is 11.5 Å². The Balaban J connectivity index is 1.91. The standard InChI is InChI=1S/C20H23NO8/c1-25-16-8-11(7-13(19(16)22)21(23)24)14-5-6-15(29-14)12-9-17(26-2)20(28-4)18(10-12)27-3/h7-10,14-15,22H,5-6H2,1-4H3/t14-,15-/m1/s1. The van der Waals surface area contributed by atoms with E-state index in [2.05, 4.69) is 0 Å². The molecule has 1 N–H and O–H groups in total. The van der Waals surface area contributed by atoms with Crippen LogP contribution in [0.5, 0.6) is 28.7 Å². The molecule has 1 saturated heterocycles. The molecule has 9 heteroatoms. The van der Waals surface area contributed by atoms with Crippen molar-refractivity contribution in [3.8, 4) is 28.7 Å². The van der Waals surface area contributed by atoms with Gasteiger partial charge in [-0.15, -0.1) is 0 Å². The van der Waals surface area contributed by atoms with Crippen molar-refractivity contribution in [3.63, 3.8) is 0 Å². The van der Waals surface area contributed by atoms with Crippen LogP contribution in [0.2, 0.25) is 0 Å². The van der Waals surface area contributed by atoms with Crippen molar-refractivity contribution in [2.24, 2.45) is 0 Å². The van der Waals surface area contributed by atoms with Crippen molar-refractivity contribution in [1.29, 1.82) is 0 Å². The molecule has 2 aromatic carbocycles. The number of ether oxygens (including phenoxy) is 5. The number of nitro groups is 1. The third-order valence-corrected chi connectivity index (χ3v) is 4.94. The first-order valence-electron chi connectivity index (χ1n) is 8.94. The molecule has 0 aromatic heterocycles. The second-order valence-electron chi connectivity index (χ2n) is 6.50. The highest BCUT2D eigenvalue weighted by molar-refractivity contribution is 5.58. The monoisotopic (exact) mass is 405 g/mol. The van der Waals surface area contributed by atoms with Gasteiger partial charge in [0.15, 0.2) is 17.2 Å². The van der Waals surface area contributed by atoms with Gasteiger partial charge in [-0.25, -0.2) is 0 Å². The third kappa shape index (κ3) is 3.86. The molecule has 0 amide bonds. The molecule has 1 heterocycles. The Morgan fingerprint density at radius 3 is 1.83 bits per heavy atom. The number of benzene rings is 2. The van der Waals surface area contributed by atoms with E-state index in [4.69, 9.17) is 23.7 Å². The van der Waals surface area contributed by atoms with E-state index in [1.807, 2.05) is 12.1 Å². The van der Waals surface area contributed by atoms with Crippen molar-refractivity contribution in [2.75, 3.05) is 28.4 Å². The number of hydrogen-bond acceptors (Lipinski definition) is 8. The van der Waals surface area contributed by atoms with Crippen molar-refractivity contribution >= 4 is 5.69 Å². The summed E-state index contributed by atoms with van der Waals surface area (Å²) < 4.78 is 27.4. The fourth-order valence-electron chi connectivity index (χ4n) is 3.51. The van der Waals surface area contributed by atoms with Crippen LogP contribution in [0.15, 0.2) is 24.3 Å². The van der Waals surface area contributed by atoms with E-state index < -0.39 is 16.4 Å². The summed E-state index contributed by atoms with van der Waals surface area (Å²) in [5.74, 6) is 1.08. The molecule has 9 nitrogen and oxygen atoms in total. The smallest absolute Gasteiger partial charge is 0.315 e. The molecule has 156 valence electrons. The van der Waals surface area contributed by atoms with Gasteiger partial charge in [-0.1, -0.05) is 0 Å². The third-order valence-electron chi connectivity index (χ3n) is 4.94. The summed E-state index contributed by atoms with van der Waals surface area (Å²) in [6.45, 7) is 0. The van der Waals surface area contributed by atoms with Crippen LogP contribution in [-0.4, -0.2) is 38.5 Å². The number of hydrogen-bond donors (Lipinski definition) is 1. The van der Waals surface area contributed by atoms with Crippen LogP contribution in [0.4, 0.5) is 5.69 Å². The van der Waals surface area contributed by atoms with Crippen LogP contribution in [-0.2, 0) is 4.74 Å². The number of aromatic hydroxyl groups is 1. The minimum absolute atomic E-state index is 0.0361. The summed E-state index contributed by atoms with van der Waals surface area (Å²) in [4.78, 5) is 10.6. The molecule has 2 atom stereocenters. The van der Waals surface area contributed by atoms with E-state index in [-0.39, 0.29) is 18.0 Å². The van der Waals surface area contributed by atoms with Crippen LogP contribution in [0.25, 0.3) is 0 Å². The molecule has 0 radical (unpaired) electrons. The van der Waals surface area contributed by atoms with Crippen LogP contribution in [0.3, 0.4) is 0 Å². The van der Waals surface area contributed by atoms with E-state index in [1.54, 1.807) is 20.3 Å². The lowest BCUT2D eigenvalue weighted by atomic mass is 10.0. The maximum absolute atomic E-state index is 11.3. The number of nitro benzene ring substituents is 1. The minimum Gasteiger partial charge on any atom is -0.500 e. The first kappa shape index (κ1) is 20.5. The van der Waals surface area contributed by atoms with Gasteiger partial charge < -0.3 is 28.8 Å². The Kier molecular flexibility index (Phi) is 5.97. The molecule has 1 fully saturated rings. The Morgan fingerprint density at radius 1 is 0.897 bits per heavy atom. The molecule has 0 unspecified atom stereocenters. The highest BCUT2D eigenvalue weighted by Gasteiger charge is 2.32. The first-order chi connectivity index (χ1) is 13.9. The average Bonchev–Trinajstić information content (AvgIpc) is 3.22. The fraction of sp³-hybridized carbons (Fsp3) is 0.400. The fourth-order valence-corrected chi connectivity index (χ4v) is 3.51. The molecule has 0 aliphatic carbocycles. The van der Waals surface area contributed by atoms with Gasteiger partial charge in [-0.05, 0) is 42.2 Å². The zero-order chi connectivity index (χ0) is 21.1. The SMILES string of the molecule is COc1cc([C@H]2CC[C@H](c3cc(OC)c(OC)c(OC)c3)O2)cc([N+](=O)[O-])c1O. The molecule has 1 aliphatic heterocycles. The highest BCUT2D eigenvalue weighted by Crippen LogP contribution is 2.48. The van der Waals surface area contributed by atoms with E-state index in [9.17, 15) is 15.2 Å². The molecule has 0 saturated carbocycles. The second kappa shape index (κ2) is 8.44. The summed E-state index contributed by atoms with van der Waals surface area (Å²) >= 11 is 0. The lowest BCUT2D eigenvalue weighted by molar-refractivity contribution is -0.386. The number of phenolic OH excluding ortho intramolecular Hbond substituents is 1. The minimum atomic E-state index is -0.646. The van der Waals surface area contributed by atoms with Gasteiger partial charge in [0.05, 0.1) is 45.6 Å². The molecular formula is C20H23NO8. The van der Waals surface area contributed by atoms with Crippen LogP contribution in [0.1, 0.15) is 36.2 Å². The molecule has 0 bridgehead atoms. The maximum Gasteiger partial charge on any atom is 0.315 e. The zero-order valence-electron chi connectivity index (χ0n) is 16.6. The summed E-state index contributed by atoms with van der Waals surface area (Å²) in [6, 6.07) is 6.53. The summed E-state index contributed by atoms with van der Waals surface area (Å²) in [6.07, 6.45) is 0.701. The van der Waals surface area contributed by atoms with E-state index >= 15 is 0 Å². The Morgan fingerprint density at radius 2 is 1.38 bits per heavy atom. The lowest BCUT2D eigenvalue weighted by Crippen LogP contribution is -2.03. The average molecular weight is 405 g/mol. The van der Waals surface area contributed by atoms with Gasteiger partial charge in [0, 0.05) is 6.07 Å². The topological polar surface area (TPSA) is 110 Å². The maximum atomic E-state index is 11.3. The predicted octanol–water partition coefficient (Wildman–Crippen LogP) is 3.93. The molecule has 3 rings (SSSR count). The quantitative estimate of drug-likeness (QED) is 0.545. The van der Waals surface area contributed by atoms with Crippen molar-refractivity contribution < 1.29 is 33.7 Å². The molecule has 0 spiro atoms. The lowest BCUT2D eigenvalue weighted by Gasteiger charge is -2.18. The molecule has 2 aromatic rings. The van der Waals surface area contributed by atoms with E-state index in [0.29, 0.717) is 35.7 Å². The molecule has 29 heavy (non-hydrogen) atoms. The molecule has 1 aliphatic rings. The van der Waals surface area contributed by atoms with Crippen molar-refractivity contribution in [2.45, 2.75) is 25.0 Å². The number of phenols is 1. The number of methoxy groups -OCH3 is 4. The zero-order valence-corrected chi connectivity index (χ0v) is 16.6. The Hall–Kier alpha value is -3.20. The van der Waals surface area contributed by atoms with E-state index in [0.717, 1.165) is 5.56 Å². The van der Waals surface area contributed by atoms with Crippen molar-refractivity contribution in [3.05, 3.63) is 45.5 Å². The second-order valence-corrected chi connectivity index (χ2v) is 6.50.